The summed E-state index contributed by atoms with van der Waals surface area (Å²) in [5.41, 5.74) is 2.68. The Hall–Kier alpha value is -3.91. The van der Waals surface area contributed by atoms with E-state index in [4.69, 9.17) is 9.15 Å². The molecule has 4 rings (SSSR count). The minimum Gasteiger partial charge on any atom is -0.489 e. The van der Waals surface area contributed by atoms with Crippen molar-refractivity contribution in [2.24, 2.45) is 0 Å². The first-order chi connectivity index (χ1) is 15.9. The molecule has 0 radical (unpaired) electrons. The minimum absolute atomic E-state index is 0.00839. The lowest BCUT2D eigenvalue weighted by atomic mass is 10.2. The summed E-state index contributed by atoms with van der Waals surface area (Å²) in [6.07, 6.45) is 0. The summed E-state index contributed by atoms with van der Waals surface area (Å²) < 4.78 is 25.1. The number of aryl methyl sites for hydroxylation is 1. The number of nitrogens with zero attached hydrogens (tertiary/aromatic N) is 2. The van der Waals surface area contributed by atoms with Crippen LogP contribution >= 0.6 is 0 Å². The number of benzene rings is 3. The van der Waals surface area contributed by atoms with Gasteiger partial charge in [0.2, 0.25) is 5.88 Å². The summed E-state index contributed by atoms with van der Waals surface area (Å²) in [6.45, 7) is 2.11. The van der Waals surface area contributed by atoms with Gasteiger partial charge in [0.1, 0.15) is 23.2 Å². The van der Waals surface area contributed by atoms with E-state index < -0.39 is 15.7 Å². The van der Waals surface area contributed by atoms with Gasteiger partial charge >= 0.3 is 0 Å². The van der Waals surface area contributed by atoms with Gasteiger partial charge in [0, 0.05) is 35.8 Å². The molecule has 0 N–H and O–H groups in total. The lowest BCUT2D eigenvalue weighted by Crippen LogP contribution is -2.11. The second kappa shape index (κ2) is 9.70. The smallest absolute Gasteiger partial charge is 0.269 e. The monoisotopic (exact) mass is 462 g/mol. The van der Waals surface area contributed by atoms with Crippen molar-refractivity contribution >= 4 is 28.1 Å². The third-order valence-corrected chi connectivity index (χ3v) is 6.34. The molecule has 0 aliphatic carbocycles. The predicted molar refractivity (Wildman–Crippen MR) is 126 cm³/mol. The van der Waals surface area contributed by atoms with E-state index >= 15 is 0 Å². The second-order valence-electron chi connectivity index (χ2n) is 7.41. The predicted octanol–water partition coefficient (Wildman–Crippen LogP) is 6.01. The molecule has 0 aliphatic rings. The van der Waals surface area contributed by atoms with Gasteiger partial charge in [-0.05, 0) is 43.3 Å². The molecule has 33 heavy (non-hydrogen) atoms. The molecule has 1 unspecified atom stereocenters. The molecule has 1 aromatic heterocycles. The summed E-state index contributed by atoms with van der Waals surface area (Å²) in [7, 11) is 0.365. The number of para-hydroxylation sites is 1. The quantitative estimate of drug-likeness (QED) is 0.235. The molecule has 0 bridgehead atoms. The van der Waals surface area contributed by atoms with E-state index in [1.54, 1.807) is 18.2 Å². The molecular formula is C25H22N2O5S. The number of anilines is 2. The summed E-state index contributed by atoms with van der Waals surface area (Å²) in [4.78, 5) is 12.9. The molecule has 0 aliphatic heterocycles. The zero-order valence-electron chi connectivity index (χ0n) is 18.1. The lowest BCUT2D eigenvalue weighted by molar-refractivity contribution is -0.384. The number of hydrogen-bond donors (Lipinski definition) is 0. The second-order valence-corrected chi connectivity index (χ2v) is 8.82. The van der Waals surface area contributed by atoms with Crippen LogP contribution in [0.4, 0.5) is 17.3 Å². The lowest BCUT2D eigenvalue weighted by Gasteiger charge is -2.18. The number of ether oxygens (including phenoxy) is 1. The summed E-state index contributed by atoms with van der Waals surface area (Å²) in [5, 5.41) is 11.2. The highest BCUT2D eigenvalue weighted by Crippen LogP contribution is 2.34. The van der Waals surface area contributed by atoms with E-state index in [0.29, 0.717) is 27.2 Å². The highest BCUT2D eigenvalue weighted by Gasteiger charge is 2.21. The van der Waals surface area contributed by atoms with Crippen LogP contribution in [0.25, 0.3) is 0 Å². The Morgan fingerprint density at radius 1 is 1.00 bits per heavy atom. The fraction of sp³-hybridized carbons (Fsp3) is 0.120. The number of non-ortho nitro benzene ring substituents is 1. The first kappa shape index (κ1) is 22.3. The fourth-order valence-corrected chi connectivity index (χ4v) is 4.26. The van der Waals surface area contributed by atoms with Crippen LogP contribution in [0.2, 0.25) is 0 Å². The molecule has 1 atom stereocenters. The van der Waals surface area contributed by atoms with Gasteiger partial charge in [0.15, 0.2) is 5.09 Å². The zero-order valence-corrected chi connectivity index (χ0v) is 19.0. The summed E-state index contributed by atoms with van der Waals surface area (Å²) in [5.74, 6) is 0.995. The highest BCUT2D eigenvalue weighted by atomic mass is 32.2. The first-order valence-electron chi connectivity index (χ1n) is 10.2. The van der Waals surface area contributed by atoms with Crippen LogP contribution in [0.15, 0.2) is 99.3 Å². The molecular weight excluding hydrogens is 440 g/mol. The Morgan fingerprint density at radius 2 is 1.67 bits per heavy atom. The Labute approximate surface area is 193 Å². The Morgan fingerprint density at radius 3 is 2.30 bits per heavy atom. The van der Waals surface area contributed by atoms with Crippen molar-refractivity contribution in [3.63, 3.8) is 0 Å². The van der Waals surface area contributed by atoms with Crippen molar-refractivity contribution in [1.82, 2.24) is 0 Å². The number of nitro benzene ring substituents is 1. The normalized spacial score (nSPS) is 11.7. The van der Waals surface area contributed by atoms with Crippen LogP contribution in [0, 0.1) is 17.0 Å². The van der Waals surface area contributed by atoms with Gasteiger partial charge in [-0.15, -0.1) is 0 Å². The molecule has 0 saturated heterocycles. The largest absolute Gasteiger partial charge is 0.489 e. The van der Waals surface area contributed by atoms with E-state index in [1.165, 1.54) is 12.1 Å². The SMILES string of the molecule is Cc1ccc(S(=O)c2cc(COc3ccc([N+](=O)[O-])cc3)c(N(C)c3ccccc3)o2)cc1. The fourth-order valence-electron chi connectivity index (χ4n) is 3.24. The molecule has 8 heteroatoms. The van der Waals surface area contributed by atoms with E-state index in [1.807, 2.05) is 73.5 Å². The molecule has 4 aromatic rings. The van der Waals surface area contributed by atoms with Crippen molar-refractivity contribution in [3.8, 4) is 5.75 Å². The number of nitro groups is 1. The van der Waals surface area contributed by atoms with Gasteiger partial charge < -0.3 is 14.1 Å². The third-order valence-electron chi connectivity index (χ3n) is 5.07. The van der Waals surface area contributed by atoms with Gasteiger partial charge in [0.05, 0.1) is 10.5 Å². The Balaban J connectivity index is 1.63. The van der Waals surface area contributed by atoms with E-state index in [-0.39, 0.29) is 12.3 Å². The molecule has 0 spiro atoms. The molecule has 1 heterocycles. The molecule has 0 saturated carbocycles. The van der Waals surface area contributed by atoms with Crippen LogP contribution in [0.1, 0.15) is 11.1 Å². The standard InChI is InChI=1S/C25H22N2O5S/c1-18-8-14-23(15-9-18)33(30)24-16-19(17-31-22-12-10-21(11-13-22)27(28)29)25(32-24)26(2)20-6-4-3-5-7-20/h3-16H,17H2,1-2H3. The maximum atomic E-state index is 13.2. The van der Waals surface area contributed by atoms with Crippen LogP contribution in [0.3, 0.4) is 0 Å². The number of furan rings is 1. The summed E-state index contributed by atoms with van der Waals surface area (Å²) in [6, 6.07) is 24.7. The van der Waals surface area contributed by atoms with Crippen LogP contribution in [0.5, 0.6) is 5.75 Å². The van der Waals surface area contributed by atoms with Crippen LogP contribution < -0.4 is 9.64 Å². The average Bonchev–Trinajstić information content (AvgIpc) is 3.27. The first-order valence-corrected chi connectivity index (χ1v) is 11.3. The third kappa shape index (κ3) is 5.12. The Bertz CT molecular complexity index is 1270. The van der Waals surface area contributed by atoms with Crippen molar-refractivity contribution < 1.29 is 18.3 Å². The van der Waals surface area contributed by atoms with Gasteiger partial charge in [-0.1, -0.05) is 35.9 Å². The minimum atomic E-state index is -1.50. The molecule has 3 aromatic carbocycles. The van der Waals surface area contributed by atoms with E-state index in [9.17, 15) is 14.3 Å². The molecule has 0 amide bonds. The highest BCUT2D eigenvalue weighted by molar-refractivity contribution is 7.85. The zero-order chi connectivity index (χ0) is 23.4. The van der Waals surface area contributed by atoms with Gasteiger partial charge in [0.25, 0.3) is 5.69 Å². The number of rotatable bonds is 8. The van der Waals surface area contributed by atoms with Crippen LogP contribution in [-0.2, 0) is 17.4 Å². The van der Waals surface area contributed by atoms with Crippen molar-refractivity contribution in [1.29, 1.82) is 0 Å². The maximum Gasteiger partial charge on any atom is 0.269 e. The maximum absolute atomic E-state index is 13.2. The van der Waals surface area contributed by atoms with Crippen molar-refractivity contribution in [3.05, 3.63) is 106 Å². The van der Waals surface area contributed by atoms with E-state index in [2.05, 4.69) is 0 Å². The van der Waals surface area contributed by atoms with Gasteiger partial charge in [-0.3, -0.25) is 10.1 Å². The van der Waals surface area contributed by atoms with Gasteiger partial charge in [-0.2, -0.15) is 0 Å². The molecule has 7 nitrogen and oxygen atoms in total. The summed E-state index contributed by atoms with van der Waals surface area (Å²) >= 11 is 0. The molecule has 168 valence electrons. The molecule has 0 fully saturated rings. The average molecular weight is 463 g/mol. The Kier molecular flexibility index (Phi) is 6.55. The van der Waals surface area contributed by atoms with Crippen molar-refractivity contribution in [2.45, 2.75) is 23.5 Å². The number of hydrogen-bond acceptors (Lipinski definition) is 6. The van der Waals surface area contributed by atoms with E-state index in [0.717, 1.165) is 11.3 Å². The van der Waals surface area contributed by atoms with Gasteiger partial charge in [-0.25, -0.2) is 4.21 Å². The van der Waals surface area contributed by atoms with Crippen molar-refractivity contribution in [2.75, 3.05) is 11.9 Å². The topological polar surface area (TPSA) is 85.8 Å². The van der Waals surface area contributed by atoms with Crippen LogP contribution in [-0.4, -0.2) is 16.2 Å².